The largest absolute Gasteiger partial charge is 0.407 e. The van der Waals surface area contributed by atoms with E-state index in [2.05, 4.69) is 93.3 Å². The molecule has 2 aromatic carbocycles. The van der Waals surface area contributed by atoms with E-state index in [1.807, 2.05) is 0 Å². The summed E-state index contributed by atoms with van der Waals surface area (Å²) in [4.78, 5) is 0. The van der Waals surface area contributed by atoms with E-state index in [1.165, 1.54) is 10.4 Å². The van der Waals surface area contributed by atoms with Crippen molar-refractivity contribution in [2.75, 3.05) is 13.2 Å². The normalized spacial score (nSPS) is 11.7. The van der Waals surface area contributed by atoms with Crippen molar-refractivity contribution in [1.29, 1.82) is 0 Å². The Morgan fingerprint density at radius 2 is 1.23 bits per heavy atom. The van der Waals surface area contributed by atoms with Gasteiger partial charge in [0, 0.05) is 26.1 Å². The Morgan fingerprint density at radius 1 is 0.733 bits per heavy atom. The third-order valence-electron chi connectivity index (χ3n) is 5.52. The third kappa shape index (κ3) is 6.84. The second-order valence-corrected chi connectivity index (χ2v) is 13.2. The summed E-state index contributed by atoms with van der Waals surface area (Å²) < 4.78 is 6.92. The van der Waals surface area contributed by atoms with Crippen molar-refractivity contribution in [1.82, 2.24) is 0 Å². The van der Waals surface area contributed by atoms with E-state index in [0.717, 1.165) is 51.6 Å². The highest BCUT2D eigenvalue weighted by Crippen LogP contribution is 2.36. The lowest BCUT2D eigenvalue weighted by Crippen LogP contribution is -2.66. The molecule has 2 aromatic rings. The van der Waals surface area contributed by atoms with Gasteiger partial charge in [-0.1, -0.05) is 87.9 Å². The molecule has 1 N–H and O–H groups in total. The number of unbranched alkanes of at least 4 members (excludes halogenated alkanes) is 5. The number of hydrogen-bond acceptors (Lipinski definition) is 2. The van der Waals surface area contributed by atoms with Crippen LogP contribution in [0.2, 0.25) is 5.04 Å². The van der Waals surface area contributed by atoms with Gasteiger partial charge in [-0.15, -0.1) is 11.8 Å². The maximum atomic E-state index is 8.79. The fraction of sp³-hybridized carbons (Fsp3) is 0.481. The van der Waals surface area contributed by atoms with Crippen molar-refractivity contribution in [2.45, 2.75) is 70.8 Å². The van der Waals surface area contributed by atoms with Crippen molar-refractivity contribution in [2.24, 2.45) is 0 Å². The van der Waals surface area contributed by atoms with Crippen LogP contribution < -0.4 is 10.4 Å². The molecule has 162 valence electrons. The third-order valence-corrected chi connectivity index (χ3v) is 10.6. The van der Waals surface area contributed by atoms with Crippen LogP contribution in [0.1, 0.15) is 65.7 Å². The molecule has 30 heavy (non-hydrogen) atoms. The van der Waals surface area contributed by atoms with Gasteiger partial charge in [0.1, 0.15) is 0 Å². The zero-order chi connectivity index (χ0) is 21.7. The highest BCUT2D eigenvalue weighted by Gasteiger charge is 2.49. The molecule has 2 nitrogen and oxygen atoms in total. The second-order valence-electron chi connectivity index (χ2n) is 8.86. The van der Waals surface area contributed by atoms with E-state index in [9.17, 15) is 0 Å². The van der Waals surface area contributed by atoms with Crippen LogP contribution >= 0.6 is 0 Å². The van der Waals surface area contributed by atoms with Crippen LogP contribution in [-0.2, 0) is 4.43 Å². The summed E-state index contributed by atoms with van der Waals surface area (Å²) in [6, 6.07) is 21.7. The molecule has 0 bridgehead atoms. The molecule has 2 rings (SSSR count). The summed E-state index contributed by atoms with van der Waals surface area (Å²) in [5.74, 6) is 6.48. The van der Waals surface area contributed by atoms with E-state index < -0.39 is 8.32 Å². The van der Waals surface area contributed by atoms with Gasteiger partial charge in [0.25, 0.3) is 8.32 Å². The SMILES string of the molecule is CC(C)(C)[Si](OCCCCCC#CCCCCO)(c1ccccc1)c1ccccc1. The van der Waals surface area contributed by atoms with Gasteiger partial charge in [-0.3, -0.25) is 0 Å². The lowest BCUT2D eigenvalue weighted by atomic mass is 10.2. The number of hydrogen-bond donors (Lipinski definition) is 1. The molecule has 0 radical (unpaired) electrons. The summed E-state index contributed by atoms with van der Waals surface area (Å²) in [7, 11) is -2.39. The molecule has 0 atom stereocenters. The van der Waals surface area contributed by atoms with Crippen LogP contribution in [0.3, 0.4) is 0 Å². The molecule has 0 saturated carbocycles. The number of benzene rings is 2. The second kappa shape index (κ2) is 12.7. The summed E-state index contributed by atoms with van der Waals surface area (Å²) in [5, 5.41) is 11.5. The minimum Gasteiger partial charge on any atom is -0.407 e. The Hall–Kier alpha value is -1.86. The lowest BCUT2D eigenvalue weighted by Gasteiger charge is -2.43. The standard InChI is InChI=1S/C27H38O2Si/c1-27(2,3)30(25-19-13-11-14-20-25,26-21-15-12-16-22-26)29-24-18-10-8-6-4-5-7-9-17-23-28/h11-16,19-22,28H,6-10,17-18,23-24H2,1-3H3. The van der Waals surface area contributed by atoms with E-state index >= 15 is 0 Å². The molecule has 0 saturated heterocycles. The van der Waals surface area contributed by atoms with Crippen molar-refractivity contribution < 1.29 is 9.53 Å². The average molecular weight is 423 g/mol. The molecule has 0 unspecified atom stereocenters. The number of aliphatic hydroxyl groups excluding tert-OH is 1. The molecule has 0 aliphatic heterocycles. The predicted octanol–water partition coefficient (Wildman–Crippen LogP) is 5.29. The maximum absolute atomic E-state index is 8.79. The van der Waals surface area contributed by atoms with Crippen molar-refractivity contribution >= 4 is 18.7 Å². The zero-order valence-corrected chi connectivity index (χ0v) is 20.0. The summed E-state index contributed by atoms with van der Waals surface area (Å²) >= 11 is 0. The molecule has 3 heteroatoms. The first-order chi connectivity index (χ1) is 14.5. The van der Waals surface area contributed by atoms with Gasteiger partial charge >= 0.3 is 0 Å². The highest BCUT2D eigenvalue weighted by atomic mass is 28.4. The first-order valence-corrected chi connectivity index (χ1v) is 13.2. The minimum atomic E-state index is -2.39. The van der Waals surface area contributed by atoms with Crippen molar-refractivity contribution in [3.05, 3.63) is 60.7 Å². The van der Waals surface area contributed by atoms with Crippen LogP contribution in [0.15, 0.2) is 60.7 Å². The lowest BCUT2D eigenvalue weighted by molar-refractivity contribution is 0.285. The average Bonchev–Trinajstić information content (AvgIpc) is 2.75. The van der Waals surface area contributed by atoms with Crippen LogP contribution in [-0.4, -0.2) is 26.6 Å². The fourth-order valence-electron chi connectivity index (χ4n) is 3.98. The van der Waals surface area contributed by atoms with Gasteiger partial charge in [0.15, 0.2) is 0 Å². The quantitative estimate of drug-likeness (QED) is 0.303. The highest BCUT2D eigenvalue weighted by molar-refractivity contribution is 6.99. The number of aliphatic hydroxyl groups is 1. The van der Waals surface area contributed by atoms with Gasteiger partial charge in [-0.2, -0.15) is 0 Å². The van der Waals surface area contributed by atoms with Crippen LogP contribution in [0.4, 0.5) is 0 Å². The van der Waals surface area contributed by atoms with Crippen LogP contribution in [0.5, 0.6) is 0 Å². The molecule has 0 aromatic heterocycles. The Morgan fingerprint density at radius 3 is 1.70 bits per heavy atom. The molecule has 0 aliphatic rings. The van der Waals surface area contributed by atoms with Gasteiger partial charge in [-0.05, 0) is 41.1 Å². The van der Waals surface area contributed by atoms with Crippen LogP contribution in [0, 0.1) is 11.8 Å². The summed E-state index contributed by atoms with van der Waals surface area (Å²) in [6.07, 6.45) is 7.04. The number of rotatable bonds is 11. The molecule has 0 aliphatic carbocycles. The Bertz CT molecular complexity index is 730. The molecule has 0 spiro atoms. The Labute approximate surface area is 184 Å². The molecular formula is C27H38O2Si. The monoisotopic (exact) mass is 422 g/mol. The van der Waals surface area contributed by atoms with E-state index in [0.29, 0.717) is 0 Å². The first-order valence-electron chi connectivity index (χ1n) is 11.3. The predicted molar refractivity (Wildman–Crippen MR) is 131 cm³/mol. The van der Waals surface area contributed by atoms with E-state index in [4.69, 9.17) is 9.53 Å². The first kappa shape index (κ1) is 24.4. The smallest absolute Gasteiger partial charge is 0.261 e. The van der Waals surface area contributed by atoms with E-state index in [1.54, 1.807) is 0 Å². The van der Waals surface area contributed by atoms with Gasteiger partial charge in [0.2, 0.25) is 0 Å². The molecular weight excluding hydrogens is 384 g/mol. The fourth-order valence-corrected chi connectivity index (χ4v) is 8.59. The van der Waals surface area contributed by atoms with Crippen molar-refractivity contribution in [3.63, 3.8) is 0 Å². The zero-order valence-electron chi connectivity index (χ0n) is 19.0. The van der Waals surface area contributed by atoms with Crippen molar-refractivity contribution in [3.8, 4) is 11.8 Å². The van der Waals surface area contributed by atoms with Crippen LogP contribution in [0.25, 0.3) is 0 Å². The summed E-state index contributed by atoms with van der Waals surface area (Å²) in [6.45, 7) is 8.03. The maximum Gasteiger partial charge on any atom is 0.261 e. The topological polar surface area (TPSA) is 29.5 Å². The summed E-state index contributed by atoms with van der Waals surface area (Å²) in [5.41, 5.74) is 0. The Kier molecular flexibility index (Phi) is 10.4. The Balaban J connectivity index is 2.00. The van der Waals surface area contributed by atoms with Gasteiger partial charge < -0.3 is 9.53 Å². The van der Waals surface area contributed by atoms with E-state index in [-0.39, 0.29) is 11.6 Å². The molecule has 0 amide bonds. The molecule has 0 heterocycles. The van der Waals surface area contributed by atoms with Gasteiger partial charge in [0.05, 0.1) is 0 Å². The minimum absolute atomic E-state index is 0.0375. The van der Waals surface area contributed by atoms with Gasteiger partial charge in [-0.25, -0.2) is 0 Å². The molecule has 0 fully saturated rings.